The molecule has 0 bridgehead atoms. The van der Waals surface area contributed by atoms with Gasteiger partial charge in [-0.25, -0.2) is 9.59 Å². The molecule has 0 aliphatic carbocycles. The van der Waals surface area contributed by atoms with E-state index in [1.165, 1.54) is 7.11 Å². The van der Waals surface area contributed by atoms with E-state index in [0.717, 1.165) is 10.8 Å². The second-order valence-corrected chi connectivity index (χ2v) is 8.88. The van der Waals surface area contributed by atoms with E-state index in [1.807, 2.05) is 42.5 Å². The van der Waals surface area contributed by atoms with Crippen LogP contribution in [0.5, 0.6) is 0 Å². The number of benzene rings is 3. The van der Waals surface area contributed by atoms with Gasteiger partial charge in [0.2, 0.25) is 0 Å². The first-order chi connectivity index (χ1) is 17.5. The van der Waals surface area contributed by atoms with Gasteiger partial charge in [0.25, 0.3) is 0 Å². The summed E-state index contributed by atoms with van der Waals surface area (Å²) in [5.74, 6) is -0.431. The Balaban J connectivity index is 1.15. The molecule has 2 fully saturated rings. The smallest absolute Gasteiger partial charge is 0.412 e. The molecule has 0 radical (unpaired) electrons. The van der Waals surface area contributed by atoms with Crippen molar-refractivity contribution in [1.29, 1.82) is 0 Å². The third-order valence-electron chi connectivity index (χ3n) is 6.15. The van der Waals surface area contributed by atoms with E-state index in [1.54, 1.807) is 24.3 Å². The van der Waals surface area contributed by atoms with Crippen LogP contribution in [0, 0.1) is 0 Å². The molecule has 2 aliphatic rings. The van der Waals surface area contributed by atoms with Crippen LogP contribution in [-0.4, -0.2) is 61.9 Å². The molecular weight excluding hydrogens is 482 g/mol. The van der Waals surface area contributed by atoms with Crippen LogP contribution in [0.4, 0.5) is 16.2 Å². The van der Waals surface area contributed by atoms with Crippen LogP contribution < -0.4 is 16.0 Å². The van der Waals surface area contributed by atoms with Crippen molar-refractivity contribution in [3.8, 4) is 0 Å². The van der Waals surface area contributed by atoms with E-state index in [9.17, 15) is 9.59 Å². The molecule has 0 unspecified atom stereocenters. The Kier molecular flexibility index (Phi) is 6.99. The van der Waals surface area contributed by atoms with Gasteiger partial charge < -0.3 is 29.6 Å². The Labute approximate surface area is 213 Å². The lowest BCUT2D eigenvalue weighted by Gasteiger charge is -2.20. The van der Waals surface area contributed by atoms with Crippen molar-refractivity contribution in [3.05, 3.63) is 72.3 Å². The van der Waals surface area contributed by atoms with Crippen molar-refractivity contribution in [2.45, 2.75) is 24.4 Å². The number of carbonyl (C=O) groups is 2. The van der Waals surface area contributed by atoms with E-state index in [2.05, 4.69) is 16.0 Å². The van der Waals surface area contributed by atoms with Gasteiger partial charge in [0.15, 0.2) is 11.2 Å². The van der Waals surface area contributed by atoms with Crippen molar-refractivity contribution in [3.63, 3.8) is 0 Å². The first-order valence-corrected chi connectivity index (χ1v) is 11.9. The molecule has 2 heterocycles. The molecule has 10 heteroatoms. The summed E-state index contributed by atoms with van der Waals surface area (Å²) in [4.78, 5) is 24.4. The summed E-state index contributed by atoms with van der Waals surface area (Å²) < 4.78 is 22.2. The highest BCUT2D eigenvalue weighted by Crippen LogP contribution is 2.30. The van der Waals surface area contributed by atoms with Gasteiger partial charge in [-0.1, -0.05) is 42.5 Å². The molecule has 3 aromatic rings. The molecule has 5 rings (SSSR count). The molecule has 9 nitrogen and oxygen atoms in total. The number of methoxy groups -OCH3 is 1. The van der Waals surface area contributed by atoms with Crippen LogP contribution in [-0.2, 0) is 18.9 Å². The number of anilines is 2. The molecule has 1 amide bonds. The Bertz CT molecular complexity index is 1300. The molecular formula is C26H25N3O6S. The van der Waals surface area contributed by atoms with Crippen molar-refractivity contribution < 1.29 is 28.5 Å². The summed E-state index contributed by atoms with van der Waals surface area (Å²) in [6, 6.07) is 20.1. The quantitative estimate of drug-likeness (QED) is 0.352. The Morgan fingerprint density at radius 1 is 0.944 bits per heavy atom. The van der Waals surface area contributed by atoms with Crippen molar-refractivity contribution in [1.82, 2.24) is 5.32 Å². The lowest BCUT2D eigenvalue weighted by molar-refractivity contribution is 0.00881. The molecule has 3 aromatic carbocycles. The summed E-state index contributed by atoms with van der Waals surface area (Å²) in [6.07, 6.45) is -1.86. The minimum atomic E-state index is -0.566. The largest absolute Gasteiger partial charge is 0.465 e. The molecule has 3 N–H and O–H groups in total. The first-order valence-electron chi connectivity index (χ1n) is 11.5. The monoisotopic (exact) mass is 507 g/mol. The predicted molar refractivity (Wildman–Crippen MR) is 138 cm³/mol. The normalized spacial score (nSPS) is 22.5. The lowest BCUT2D eigenvalue weighted by Crippen LogP contribution is -2.46. The van der Waals surface area contributed by atoms with Gasteiger partial charge in [-0.2, -0.15) is 0 Å². The summed E-state index contributed by atoms with van der Waals surface area (Å²) in [5.41, 5.74) is 1.73. The number of esters is 1. The summed E-state index contributed by atoms with van der Waals surface area (Å²) >= 11 is 5.44. The molecule has 2 aliphatic heterocycles. The van der Waals surface area contributed by atoms with Crippen LogP contribution in [0.3, 0.4) is 0 Å². The lowest BCUT2D eigenvalue weighted by atomic mass is 10.1. The topological polar surface area (TPSA) is 107 Å². The number of thiocarbonyl (C=S) groups is 1. The van der Waals surface area contributed by atoms with Gasteiger partial charge >= 0.3 is 12.1 Å². The fourth-order valence-corrected chi connectivity index (χ4v) is 4.75. The zero-order valence-electron chi connectivity index (χ0n) is 19.4. The number of amides is 1. The van der Waals surface area contributed by atoms with Crippen LogP contribution >= 0.6 is 12.2 Å². The number of ether oxygens (including phenoxy) is 4. The highest BCUT2D eigenvalue weighted by Gasteiger charge is 2.49. The minimum Gasteiger partial charge on any atom is -0.465 e. The maximum absolute atomic E-state index is 12.6. The van der Waals surface area contributed by atoms with Gasteiger partial charge in [0.1, 0.15) is 12.2 Å². The molecule has 4 atom stereocenters. The Morgan fingerprint density at radius 2 is 1.72 bits per heavy atom. The second-order valence-electron chi connectivity index (χ2n) is 8.47. The molecule has 36 heavy (non-hydrogen) atoms. The summed E-state index contributed by atoms with van der Waals surface area (Å²) in [7, 11) is 1.33. The second kappa shape index (κ2) is 10.5. The predicted octanol–water partition coefficient (Wildman–Crippen LogP) is 3.70. The van der Waals surface area contributed by atoms with Crippen molar-refractivity contribution in [2.75, 3.05) is 31.0 Å². The van der Waals surface area contributed by atoms with Crippen molar-refractivity contribution >= 4 is 51.5 Å². The summed E-state index contributed by atoms with van der Waals surface area (Å²) in [6.45, 7) is 0.558. The van der Waals surface area contributed by atoms with E-state index >= 15 is 0 Å². The van der Waals surface area contributed by atoms with Crippen molar-refractivity contribution in [2.24, 2.45) is 0 Å². The molecule has 2 saturated heterocycles. The van der Waals surface area contributed by atoms with Gasteiger partial charge in [0, 0.05) is 11.1 Å². The van der Waals surface area contributed by atoms with Crippen LogP contribution in [0.2, 0.25) is 0 Å². The molecule has 0 saturated carbocycles. The molecule has 186 valence electrons. The highest BCUT2D eigenvalue weighted by atomic mass is 32.1. The number of rotatable bonds is 5. The summed E-state index contributed by atoms with van der Waals surface area (Å²) in [5, 5.41) is 11.4. The standard InChI is InChI=1S/C26H25N3O6S/c1-32-24(30)16-8-4-9-17(12-16)27-25(36)28-20-13-33-23-21(14-34-22(20)23)35-26(31)29-19-11-5-7-15-6-2-3-10-18(15)19/h2-12,20-23H,13-14H2,1H3,(H,29,31)(H2,27,28,36)/t20-,21-,22-,23+/m1/s1. The Hall–Kier alpha value is -3.73. The van der Waals surface area contributed by atoms with Gasteiger partial charge in [0.05, 0.1) is 37.6 Å². The highest BCUT2D eigenvalue weighted by molar-refractivity contribution is 7.80. The van der Waals surface area contributed by atoms with Gasteiger partial charge in [-0.3, -0.25) is 5.32 Å². The van der Waals surface area contributed by atoms with E-state index in [-0.39, 0.29) is 18.8 Å². The fourth-order valence-electron chi connectivity index (χ4n) is 4.48. The number of hydrogen-bond donors (Lipinski definition) is 3. The van der Waals surface area contributed by atoms with Gasteiger partial charge in [-0.15, -0.1) is 0 Å². The molecule has 0 spiro atoms. The first kappa shape index (κ1) is 24.0. The number of hydrogen-bond acceptors (Lipinski definition) is 7. The van der Waals surface area contributed by atoms with Crippen LogP contribution in [0.25, 0.3) is 10.8 Å². The Morgan fingerprint density at radius 3 is 2.58 bits per heavy atom. The molecule has 0 aromatic heterocycles. The van der Waals surface area contributed by atoms with E-state index < -0.39 is 24.3 Å². The third-order valence-corrected chi connectivity index (χ3v) is 6.37. The zero-order valence-corrected chi connectivity index (χ0v) is 20.2. The fraction of sp³-hybridized carbons (Fsp3) is 0.269. The van der Waals surface area contributed by atoms with Gasteiger partial charge in [-0.05, 0) is 41.9 Å². The number of carbonyl (C=O) groups excluding carboxylic acids is 2. The maximum Gasteiger partial charge on any atom is 0.412 e. The average Bonchev–Trinajstić information content (AvgIpc) is 3.47. The maximum atomic E-state index is 12.6. The number of nitrogens with one attached hydrogen (secondary N) is 3. The number of fused-ring (bicyclic) bond motifs is 2. The van der Waals surface area contributed by atoms with E-state index in [4.69, 9.17) is 31.2 Å². The minimum absolute atomic E-state index is 0.220. The van der Waals surface area contributed by atoms with Crippen LogP contribution in [0.1, 0.15) is 10.4 Å². The SMILES string of the molecule is COC(=O)c1cccc(NC(=S)N[C@@H]2CO[C@@H]3[C@@H]2OC[C@H]3OC(=O)Nc2cccc3ccccc23)c1. The van der Waals surface area contributed by atoms with Crippen LogP contribution in [0.15, 0.2) is 66.7 Å². The third kappa shape index (κ3) is 5.11. The zero-order chi connectivity index (χ0) is 25.1. The average molecular weight is 508 g/mol. The van der Waals surface area contributed by atoms with E-state index in [0.29, 0.717) is 28.7 Å².